The Balaban J connectivity index is 0.00000104. The first-order valence-corrected chi connectivity index (χ1v) is 17.6. The predicted molar refractivity (Wildman–Crippen MR) is 185 cm³/mol. The van der Waals surface area contributed by atoms with Crippen molar-refractivity contribution in [2.24, 2.45) is 0 Å². The summed E-state index contributed by atoms with van der Waals surface area (Å²) in [5, 5.41) is 7.56. The smallest absolute Gasteiger partial charge is 0.148 e. The lowest BCUT2D eigenvalue weighted by molar-refractivity contribution is 0.306. The Hall–Kier alpha value is -3.64. The van der Waals surface area contributed by atoms with Crippen LogP contribution in [0.25, 0.3) is 22.2 Å². The highest BCUT2D eigenvalue weighted by atomic mass is 35.5. The number of furan rings is 1. The standard InChI is InChI=1S/C29H26ClFN4O4S.C3H8.CH4S/c1-40(36,37)12-11-32-16-23-7-10-27(39-23)20-5-8-26-24(14-20)29(34-18-33-26)35-22-6-9-28(25(30)15-22)38-17-19-3-2-4-21(31)13-19;1-3-2;1-2/h2-10,13-15,18,32H,11-12,16-17H2,1H3,(H,33,34,35);3H2,1-2H3;2H,1H3. The van der Waals surface area contributed by atoms with E-state index in [9.17, 15) is 12.8 Å². The largest absolute Gasteiger partial charge is 0.487 e. The molecule has 240 valence electrons. The molecule has 5 aromatic rings. The number of anilines is 2. The van der Waals surface area contributed by atoms with Gasteiger partial charge < -0.3 is 19.8 Å². The molecule has 45 heavy (non-hydrogen) atoms. The molecule has 0 aliphatic heterocycles. The van der Waals surface area contributed by atoms with Crippen molar-refractivity contribution in [1.29, 1.82) is 0 Å². The van der Waals surface area contributed by atoms with Crippen LogP contribution in [-0.2, 0) is 23.0 Å². The number of ether oxygens (including phenoxy) is 1. The Morgan fingerprint density at radius 3 is 2.49 bits per heavy atom. The van der Waals surface area contributed by atoms with E-state index in [1.807, 2.05) is 36.4 Å². The second kappa shape index (κ2) is 17.7. The third-order valence-electron chi connectivity index (χ3n) is 6.01. The normalized spacial score (nSPS) is 10.8. The fourth-order valence-corrected chi connectivity index (χ4v) is 4.78. The lowest BCUT2D eigenvalue weighted by Gasteiger charge is -2.12. The summed E-state index contributed by atoms with van der Waals surface area (Å²) in [4.78, 5) is 8.80. The van der Waals surface area contributed by atoms with Crippen LogP contribution >= 0.6 is 24.2 Å². The van der Waals surface area contributed by atoms with Gasteiger partial charge in [-0.1, -0.05) is 44.0 Å². The van der Waals surface area contributed by atoms with Crippen LogP contribution in [0, 0.1) is 5.82 Å². The molecule has 12 heteroatoms. The number of halogens is 2. The Labute approximate surface area is 274 Å². The molecular formula is C33H38ClFN4O4S2. The number of sulfone groups is 1. The Bertz CT molecular complexity index is 1780. The number of rotatable bonds is 11. The fraction of sp³-hybridized carbons (Fsp3) is 0.273. The van der Waals surface area contributed by atoms with Gasteiger partial charge in [0.05, 0.1) is 22.8 Å². The highest BCUT2D eigenvalue weighted by Gasteiger charge is 2.11. The maximum atomic E-state index is 13.4. The SMILES string of the molecule is CCC.CS.CS(=O)(=O)CCNCc1ccc(-c2ccc3ncnc(Nc4ccc(OCc5cccc(F)c5)c(Cl)c4)c3c2)o1. The van der Waals surface area contributed by atoms with Gasteiger partial charge in [-0.15, -0.1) is 0 Å². The van der Waals surface area contributed by atoms with Gasteiger partial charge in [0.15, 0.2) is 0 Å². The molecule has 0 fully saturated rings. The van der Waals surface area contributed by atoms with Gasteiger partial charge >= 0.3 is 0 Å². The average molecular weight is 673 g/mol. The molecule has 5 rings (SSSR count). The van der Waals surface area contributed by atoms with Crippen molar-refractivity contribution < 1.29 is 22.0 Å². The molecule has 0 saturated carbocycles. The zero-order valence-corrected chi connectivity index (χ0v) is 28.1. The Kier molecular flexibility index (Phi) is 14.1. The van der Waals surface area contributed by atoms with Crippen LogP contribution in [0.5, 0.6) is 5.75 Å². The molecule has 0 unspecified atom stereocenters. The number of thiol groups is 1. The molecule has 0 radical (unpaired) electrons. The molecule has 2 aromatic heterocycles. The summed E-state index contributed by atoms with van der Waals surface area (Å²) in [5.74, 6) is 2.17. The zero-order valence-electron chi connectivity index (χ0n) is 25.7. The summed E-state index contributed by atoms with van der Waals surface area (Å²) in [5.41, 5.74) is 2.99. The molecule has 0 atom stereocenters. The van der Waals surface area contributed by atoms with Gasteiger partial charge in [0.25, 0.3) is 0 Å². The van der Waals surface area contributed by atoms with Crippen molar-refractivity contribution >= 4 is 56.5 Å². The van der Waals surface area contributed by atoms with Crippen molar-refractivity contribution in [2.45, 2.75) is 33.4 Å². The van der Waals surface area contributed by atoms with Crippen molar-refractivity contribution in [3.8, 4) is 17.1 Å². The number of fused-ring (bicyclic) bond motifs is 1. The van der Waals surface area contributed by atoms with Crippen LogP contribution in [0.1, 0.15) is 31.6 Å². The van der Waals surface area contributed by atoms with Crippen LogP contribution < -0.4 is 15.4 Å². The highest BCUT2D eigenvalue weighted by molar-refractivity contribution is 7.90. The first kappa shape index (κ1) is 35.8. The molecule has 0 spiro atoms. The lowest BCUT2D eigenvalue weighted by Crippen LogP contribution is -2.21. The van der Waals surface area contributed by atoms with E-state index in [4.69, 9.17) is 20.8 Å². The third-order valence-corrected chi connectivity index (χ3v) is 7.25. The van der Waals surface area contributed by atoms with Crippen molar-refractivity contribution in [3.05, 3.63) is 101 Å². The first-order valence-electron chi connectivity index (χ1n) is 14.3. The van der Waals surface area contributed by atoms with Gasteiger partial charge in [-0.25, -0.2) is 22.8 Å². The maximum absolute atomic E-state index is 13.4. The van der Waals surface area contributed by atoms with E-state index >= 15 is 0 Å². The number of hydrogen-bond donors (Lipinski definition) is 3. The van der Waals surface area contributed by atoms with Crippen molar-refractivity contribution in [3.63, 3.8) is 0 Å². The van der Waals surface area contributed by atoms with Crippen LogP contribution in [0.2, 0.25) is 5.02 Å². The van der Waals surface area contributed by atoms with E-state index in [1.54, 1.807) is 30.5 Å². The molecule has 2 N–H and O–H groups in total. The monoisotopic (exact) mass is 672 g/mol. The zero-order chi connectivity index (χ0) is 32.8. The summed E-state index contributed by atoms with van der Waals surface area (Å²) < 4.78 is 47.8. The highest BCUT2D eigenvalue weighted by Crippen LogP contribution is 2.32. The quantitative estimate of drug-likeness (QED) is 0.0955. The van der Waals surface area contributed by atoms with Gasteiger partial charge in [0, 0.05) is 29.4 Å². The molecule has 2 heterocycles. The molecule has 0 amide bonds. The topological polar surface area (TPSA) is 106 Å². The third kappa shape index (κ3) is 11.3. The molecular weight excluding hydrogens is 635 g/mol. The summed E-state index contributed by atoms with van der Waals surface area (Å²) in [6, 6.07) is 21.0. The van der Waals surface area contributed by atoms with Crippen molar-refractivity contribution in [2.75, 3.05) is 30.1 Å². The van der Waals surface area contributed by atoms with Gasteiger partial charge in [-0.2, -0.15) is 12.6 Å². The number of nitrogens with zero attached hydrogens (tertiary/aromatic N) is 2. The van der Waals surface area contributed by atoms with Gasteiger partial charge in [0.2, 0.25) is 0 Å². The second-order valence-electron chi connectivity index (χ2n) is 9.92. The average Bonchev–Trinajstić information content (AvgIpc) is 3.49. The summed E-state index contributed by atoms with van der Waals surface area (Å²) in [7, 11) is -3.02. The minimum absolute atomic E-state index is 0.0664. The van der Waals surface area contributed by atoms with E-state index in [1.165, 1.54) is 31.1 Å². The van der Waals surface area contributed by atoms with Gasteiger partial charge in [-0.05, 0) is 72.5 Å². The van der Waals surface area contributed by atoms with Gasteiger partial charge in [0.1, 0.15) is 51.7 Å². The number of nitrogens with one attached hydrogen (secondary N) is 2. The van der Waals surface area contributed by atoms with Crippen LogP contribution in [0.15, 0.2) is 83.5 Å². The van der Waals surface area contributed by atoms with Crippen LogP contribution in [-0.4, -0.2) is 43.2 Å². The van der Waals surface area contributed by atoms with E-state index in [0.717, 1.165) is 16.5 Å². The van der Waals surface area contributed by atoms with Gasteiger partial charge in [-0.3, -0.25) is 0 Å². The predicted octanol–water partition coefficient (Wildman–Crippen LogP) is 8.10. The summed E-state index contributed by atoms with van der Waals surface area (Å²) in [6.07, 6.45) is 5.64. The van der Waals surface area contributed by atoms with E-state index < -0.39 is 9.84 Å². The van der Waals surface area contributed by atoms with Crippen LogP contribution in [0.4, 0.5) is 15.9 Å². The number of benzene rings is 3. The first-order chi connectivity index (χ1) is 21.6. The minimum Gasteiger partial charge on any atom is -0.487 e. The molecule has 0 aliphatic carbocycles. The molecule has 0 saturated heterocycles. The molecule has 0 aliphatic rings. The molecule has 0 bridgehead atoms. The summed E-state index contributed by atoms with van der Waals surface area (Å²) >= 11 is 10.00. The molecule has 3 aromatic carbocycles. The lowest BCUT2D eigenvalue weighted by atomic mass is 10.1. The number of hydrogen-bond acceptors (Lipinski definition) is 9. The second-order valence-corrected chi connectivity index (χ2v) is 12.6. The van der Waals surface area contributed by atoms with E-state index in [0.29, 0.717) is 52.5 Å². The Morgan fingerprint density at radius 1 is 1.00 bits per heavy atom. The summed E-state index contributed by atoms with van der Waals surface area (Å²) in [6.45, 7) is 5.21. The minimum atomic E-state index is -3.02. The Morgan fingerprint density at radius 2 is 1.78 bits per heavy atom. The molecule has 8 nitrogen and oxygen atoms in total. The fourth-order valence-electron chi connectivity index (χ4n) is 4.03. The number of aromatic nitrogens is 2. The maximum Gasteiger partial charge on any atom is 0.148 e. The van der Waals surface area contributed by atoms with E-state index in [2.05, 4.69) is 47.1 Å². The van der Waals surface area contributed by atoms with Crippen LogP contribution in [0.3, 0.4) is 0 Å². The van der Waals surface area contributed by atoms with E-state index in [-0.39, 0.29) is 18.2 Å². The van der Waals surface area contributed by atoms with Crippen molar-refractivity contribution in [1.82, 2.24) is 15.3 Å².